The van der Waals surface area contributed by atoms with Crippen LogP contribution in [0, 0.1) is 0 Å². The van der Waals surface area contributed by atoms with Crippen LogP contribution in [0.1, 0.15) is 16.2 Å². The van der Waals surface area contributed by atoms with Crippen molar-refractivity contribution in [1.29, 1.82) is 0 Å². The fraction of sp³-hybridized carbons (Fsp3) is 0.353. The van der Waals surface area contributed by atoms with E-state index < -0.39 is 6.10 Å². The summed E-state index contributed by atoms with van der Waals surface area (Å²) in [4.78, 5) is 20.9. The lowest BCUT2D eigenvalue weighted by Crippen LogP contribution is -2.37. The highest BCUT2D eigenvalue weighted by Crippen LogP contribution is 2.12. The summed E-state index contributed by atoms with van der Waals surface area (Å²) in [5.74, 6) is -0.133. The zero-order valence-electron chi connectivity index (χ0n) is 13.7. The highest BCUT2D eigenvalue weighted by atomic mass is 16.3. The third-order valence-corrected chi connectivity index (χ3v) is 4.40. The number of hydrogen-bond donors (Lipinski definition) is 2. The van der Waals surface area contributed by atoms with Crippen LogP contribution in [-0.4, -0.2) is 72.7 Å². The molecule has 130 valence electrons. The molecule has 0 aromatic carbocycles. The maximum atomic E-state index is 12.5. The standard InChI is InChI=1S/C17H20N6O2/c24-14-11-21(9-13-10-22-6-2-1-3-16(22)19-13)7-8-23(12-14)17(25)15-4-5-18-20-15/h1-6,10,14,24H,7-9,11-12H2,(H,18,20). The minimum Gasteiger partial charge on any atom is -0.390 e. The molecule has 0 aliphatic carbocycles. The van der Waals surface area contributed by atoms with E-state index in [1.807, 2.05) is 35.0 Å². The van der Waals surface area contributed by atoms with E-state index in [-0.39, 0.29) is 5.91 Å². The maximum Gasteiger partial charge on any atom is 0.271 e. The van der Waals surface area contributed by atoms with Crippen LogP contribution in [0.2, 0.25) is 0 Å². The maximum absolute atomic E-state index is 12.5. The summed E-state index contributed by atoms with van der Waals surface area (Å²) in [6.45, 7) is 2.72. The quantitative estimate of drug-likeness (QED) is 0.719. The van der Waals surface area contributed by atoms with Crippen LogP contribution in [0.5, 0.6) is 0 Å². The molecule has 0 spiro atoms. The number of aromatic nitrogens is 4. The number of amides is 1. The average Bonchev–Trinajstić information content (AvgIpc) is 3.22. The lowest BCUT2D eigenvalue weighted by atomic mass is 10.3. The van der Waals surface area contributed by atoms with Gasteiger partial charge in [-0.05, 0) is 18.2 Å². The molecule has 1 aliphatic rings. The van der Waals surface area contributed by atoms with Crippen molar-refractivity contribution in [1.82, 2.24) is 29.4 Å². The first-order valence-corrected chi connectivity index (χ1v) is 8.31. The molecule has 25 heavy (non-hydrogen) atoms. The van der Waals surface area contributed by atoms with Crippen LogP contribution in [0.4, 0.5) is 0 Å². The van der Waals surface area contributed by atoms with Gasteiger partial charge in [0.25, 0.3) is 5.91 Å². The summed E-state index contributed by atoms with van der Waals surface area (Å²) in [6.07, 6.45) is 4.93. The number of pyridine rings is 1. The number of nitrogens with zero attached hydrogens (tertiary/aromatic N) is 5. The van der Waals surface area contributed by atoms with E-state index >= 15 is 0 Å². The first-order chi connectivity index (χ1) is 12.2. The largest absolute Gasteiger partial charge is 0.390 e. The van der Waals surface area contributed by atoms with Crippen molar-refractivity contribution in [2.45, 2.75) is 12.6 Å². The molecule has 4 heterocycles. The number of β-amino-alcohol motifs (C(OH)–C–C–N with tert-alkyl or cyclic N) is 1. The van der Waals surface area contributed by atoms with Crippen LogP contribution in [0.15, 0.2) is 42.9 Å². The van der Waals surface area contributed by atoms with Crippen molar-refractivity contribution >= 4 is 11.6 Å². The van der Waals surface area contributed by atoms with Crippen molar-refractivity contribution in [3.05, 3.63) is 54.2 Å². The summed E-state index contributed by atoms with van der Waals surface area (Å²) >= 11 is 0. The Morgan fingerprint density at radius 3 is 3.00 bits per heavy atom. The Balaban J connectivity index is 1.44. The molecule has 0 radical (unpaired) electrons. The lowest BCUT2D eigenvalue weighted by molar-refractivity contribution is 0.0657. The minimum atomic E-state index is -0.591. The number of aliphatic hydroxyl groups excluding tert-OH is 1. The first kappa shape index (κ1) is 15.8. The van der Waals surface area contributed by atoms with Crippen LogP contribution in [-0.2, 0) is 6.54 Å². The topological polar surface area (TPSA) is 89.8 Å². The molecule has 8 nitrogen and oxygen atoms in total. The summed E-state index contributed by atoms with van der Waals surface area (Å²) in [6, 6.07) is 7.54. The smallest absolute Gasteiger partial charge is 0.271 e. The van der Waals surface area contributed by atoms with Gasteiger partial charge in [0.1, 0.15) is 11.3 Å². The highest BCUT2D eigenvalue weighted by Gasteiger charge is 2.26. The molecular formula is C17H20N6O2. The lowest BCUT2D eigenvalue weighted by Gasteiger charge is -2.20. The normalized spacial score (nSPS) is 19.2. The van der Waals surface area contributed by atoms with E-state index in [1.54, 1.807) is 17.2 Å². The monoisotopic (exact) mass is 340 g/mol. The molecule has 2 N–H and O–H groups in total. The van der Waals surface area contributed by atoms with E-state index in [1.165, 1.54) is 0 Å². The third kappa shape index (κ3) is 3.40. The van der Waals surface area contributed by atoms with Gasteiger partial charge in [0, 0.05) is 51.3 Å². The predicted molar refractivity (Wildman–Crippen MR) is 91.0 cm³/mol. The third-order valence-electron chi connectivity index (χ3n) is 4.40. The van der Waals surface area contributed by atoms with Crippen LogP contribution >= 0.6 is 0 Å². The molecule has 1 aliphatic heterocycles. The molecule has 8 heteroatoms. The SMILES string of the molecule is O=C(c1ccn[nH]1)N1CCN(Cc2cn3ccccc3n2)CC(O)C1. The zero-order chi connectivity index (χ0) is 17.2. The second-order valence-corrected chi connectivity index (χ2v) is 6.31. The molecule has 1 atom stereocenters. The van der Waals surface area contributed by atoms with E-state index in [0.717, 1.165) is 11.3 Å². The number of H-pyrrole nitrogens is 1. The summed E-state index contributed by atoms with van der Waals surface area (Å²) in [5.41, 5.74) is 2.30. The van der Waals surface area contributed by atoms with Gasteiger partial charge in [0.2, 0.25) is 0 Å². The first-order valence-electron chi connectivity index (χ1n) is 8.31. The number of carbonyl (C=O) groups excluding carboxylic acids is 1. The Morgan fingerprint density at radius 1 is 1.28 bits per heavy atom. The Morgan fingerprint density at radius 2 is 2.20 bits per heavy atom. The Hall–Kier alpha value is -2.71. The number of rotatable bonds is 3. The molecule has 4 rings (SSSR count). The molecule has 3 aromatic heterocycles. The molecule has 0 bridgehead atoms. The Labute approximate surface area is 144 Å². The number of imidazole rings is 1. The fourth-order valence-electron chi connectivity index (χ4n) is 3.22. The molecule has 1 saturated heterocycles. The van der Waals surface area contributed by atoms with E-state index in [9.17, 15) is 9.90 Å². The number of aliphatic hydroxyl groups is 1. The molecule has 3 aromatic rings. The van der Waals surface area contributed by atoms with Gasteiger partial charge in [-0.3, -0.25) is 14.8 Å². The summed E-state index contributed by atoms with van der Waals surface area (Å²) in [5, 5.41) is 16.8. The summed E-state index contributed by atoms with van der Waals surface area (Å²) in [7, 11) is 0. The Bertz CT molecular complexity index is 826. The summed E-state index contributed by atoms with van der Waals surface area (Å²) < 4.78 is 1.98. The van der Waals surface area contributed by atoms with E-state index in [0.29, 0.717) is 38.4 Å². The van der Waals surface area contributed by atoms with Gasteiger partial charge < -0.3 is 14.4 Å². The van der Waals surface area contributed by atoms with E-state index in [2.05, 4.69) is 20.1 Å². The van der Waals surface area contributed by atoms with Gasteiger partial charge in [-0.1, -0.05) is 6.07 Å². The number of carbonyl (C=O) groups is 1. The van der Waals surface area contributed by atoms with Gasteiger partial charge in [0.05, 0.1) is 11.8 Å². The number of fused-ring (bicyclic) bond motifs is 1. The second-order valence-electron chi connectivity index (χ2n) is 6.31. The zero-order valence-corrected chi connectivity index (χ0v) is 13.7. The number of nitrogens with one attached hydrogen (secondary N) is 1. The van der Waals surface area contributed by atoms with Crippen molar-refractivity contribution in [3.63, 3.8) is 0 Å². The van der Waals surface area contributed by atoms with Crippen molar-refractivity contribution in [2.75, 3.05) is 26.2 Å². The van der Waals surface area contributed by atoms with Crippen molar-refractivity contribution in [3.8, 4) is 0 Å². The van der Waals surface area contributed by atoms with E-state index in [4.69, 9.17) is 0 Å². The fourth-order valence-corrected chi connectivity index (χ4v) is 3.22. The van der Waals surface area contributed by atoms with Gasteiger partial charge in [-0.2, -0.15) is 5.10 Å². The molecule has 1 amide bonds. The minimum absolute atomic E-state index is 0.133. The Kier molecular flexibility index (Phi) is 4.21. The van der Waals surface area contributed by atoms with Gasteiger partial charge in [-0.15, -0.1) is 0 Å². The molecule has 1 fully saturated rings. The van der Waals surface area contributed by atoms with Crippen LogP contribution in [0.25, 0.3) is 5.65 Å². The van der Waals surface area contributed by atoms with Crippen molar-refractivity contribution in [2.24, 2.45) is 0 Å². The highest BCUT2D eigenvalue weighted by molar-refractivity contribution is 5.92. The van der Waals surface area contributed by atoms with Gasteiger partial charge in [-0.25, -0.2) is 4.98 Å². The number of hydrogen-bond acceptors (Lipinski definition) is 5. The van der Waals surface area contributed by atoms with Gasteiger partial charge in [0.15, 0.2) is 0 Å². The second kappa shape index (κ2) is 6.66. The van der Waals surface area contributed by atoms with Crippen molar-refractivity contribution < 1.29 is 9.90 Å². The molecule has 0 saturated carbocycles. The number of aromatic amines is 1. The molecular weight excluding hydrogens is 320 g/mol. The van der Waals surface area contributed by atoms with Crippen LogP contribution < -0.4 is 0 Å². The van der Waals surface area contributed by atoms with Gasteiger partial charge >= 0.3 is 0 Å². The predicted octanol–water partition coefficient (Wildman–Crippen LogP) is 0.376. The van der Waals surface area contributed by atoms with Crippen LogP contribution in [0.3, 0.4) is 0 Å². The molecule has 1 unspecified atom stereocenters. The average molecular weight is 340 g/mol.